The van der Waals surface area contributed by atoms with Crippen molar-refractivity contribution < 1.29 is 4.42 Å². The lowest BCUT2D eigenvalue weighted by Crippen LogP contribution is -2.03. The summed E-state index contributed by atoms with van der Waals surface area (Å²) < 4.78 is 10.9. The molecule has 0 aliphatic rings. The summed E-state index contributed by atoms with van der Waals surface area (Å²) in [4.78, 5) is 10.4. The first-order valence-electron chi connectivity index (χ1n) is 18.6. The highest BCUT2D eigenvalue weighted by Gasteiger charge is 2.19. The SMILES string of the molecule is c1ccc(-c2nc(-n3c4ccccc4c4cc(-c5ccc6c(c5)c5ccccc5n6-c5ccc6c(c5)oc5ccccc56)ccc43)nc3ccccc23)cc1. The van der Waals surface area contributed by atoms with Gasteiger partial charge < -0.3 is 8.98 Å². The monoisotopic (exact) mass is 702 g/mol. The molecule has 0 amide bonds. The molecule has 0 atom stereocenters. The minimum atomic E-state index is 0.659. The lowest BCUT2D eigenvalue weighted by Gasteiger charge is -2.12. The molecule has 4 aromatic heterocycles. The third kappa shape index (κ3) is 4.47. The largest absolute Gasteiger partial charge is 0.456 e. The van der Waals surface area contributed by atoms with Crippen molar-refractivity contribution in [2.75, 3.05) is 0 Å². The zero-order valence-corrected chi connectivity index (χ0v) is 29.5. The summed E-state index contributed by atoms with van der Waals surface area (Å²) in [6.45, 7) is 0. The number of fused-ring (bicyclic) bond motifs is 10. The predicted molar refractivity (Wildman–Crippen MR) is 226 cm³/mol. The molecule has 0 radical (unpaired) electrons. The normalized spacial score (nSPS) is 12.0. The van der Waals surface area contributed by atoms with E-state index in [2.05, 4.69) is 167 Å². The maximum absolute atomic E-state index is 6.31. The summed E-state index contributed by atoms with van der Waals surface area (Å²) in [5.41, 5.74) is 12.5. The molecule has 0 saturated carbocycles. The van der Waals surface area contributed by atoms with Gasteiger partial charge in [0.15, 0.2) is 0 Å². The summed E-state index contributed by atoms with van der Waals surface area (Å²) in [7, 11) is 0. The number of aromatic nitrogens is 4. The first-order valence-corrected chi connectivity index (χ1v) is 18.6. The highest BCUT2D eigenvalue weighted by atomic mass is 16.3. The second kappa shape index (κ2) is 11.5. The predicted octanol–water partition coefficient (Wildman–Crippen LogP) is 13.1. The summed E-state index contributed by atoms with van der Waals surface area (Å²) >= 11 is 0. The van der Waals surface area contributed by atoms with E-state index in [1.54, 1.807) is 0 Å². The van der Waals surface area contributed by atoms with Crippen molar-refractivity contribution in [1.29, 1.82) is 0 Å². The van der Waals surface area contributed by atoms with E-state index in [0.29, 0.717) is 5.95 Å². The van der Waals surface area contributed by atoms with E-state index in [1.165, 1.54) is 10.8 Å². The lowest BCUT2D eigenvalue weighted by molar-refractivity contribution is 0.668. The lowest BCUT2D eigenvalue weighted by atomic mass is 10.0. The van der Waals surface area contributed by atoms with Crippen LogP contribution in [-0.4, -0.2) is 19.1 Å². The maximum Gasteiger partial charge on any atom is 0.235 e. The smallest absolute Gasteiger partial charge is 0.235 e. The van der Waals surface area contributed by atoms with Gasteiger partial charge >= 0.3 is 0 Å². The molecule has 12 rings (SSSR count). The number of hydrogen-bond acceptors (Lipinski definition) is 3. The van der Waals surface area contributed by atoms with Gasteiger partial charge in [0, 0.05) is 55.0 Å². The van der Waals surface area contributed by atoms with Gasteiger partial charge in [0.1, 0.15) is 11.2 Å². The third-order valence-electron chi connectivity index (χ3n) is 11.1. The Morgan fingerprint density at radius 2 is 0.909 bits per heavy atom. The first kappa shape index (κ1) is 30.0. The topological polar surface area (TPSA) is 48.8 Å². The molecule has 256 valence electrons. The van der Waals surface area contributed by atoms with Crippen LogP contribution in [0.1, 0.15) is 0 Å². The fraction of sp³-hybridized carbons (Fsp3) is 0. The van der Waals surface area contributed by atoms with E-state index < -0.39 is 0 Å². The standard InChI is InChI=1S/C50H30N4O/c1-2-12-31(13-3-1)49-39-17-4-8-18-42(39)51-50(52-49)54-44-20-10-6-15-36(44)41-29-33(23-27-46(41)54)32-22-26-45-40(28-32)35-14-5-9-19-43(35)53(45)34-24-25-38-37-16-7-11-21-47(37)55-48(38)30-34/h1-30H. The van der Waals surface area contributed by atoms with Gasteiger partial charge in [-0.2, -0.15) is 0 Å². The molecule has 0 saturated heterocycles. The van der Waals surface area contributed by atoms with Crippen LogP contribution in [-0.2, 0) is 0 Å². The molecule has 5 heteroatoms. The minimum absolute atomic E-state index is 0.659. The molecule has 0 aliphatic heterocycles. The molecular weight excluding hydrogens is 673 g/mol. The average molecular weight is 703 g/mol. The summed E-state index contributed by atoms with van der Waals surface area (Å²) in [5, 5.41) is 8.04. The molecular formula is C50H30N4O. The zero-order chi connectivity index (χ0) is 36.0. The van der Waals surface area contributed by atoms with Gasteiger partial charge in [0.25, 0.3) is 0 Å². The van der Waals surface area contributed by atoms with Gasteiger partial charge in [-0.05, 0) is 71.8 Å². The summed E-state index contributed by atoms with van der Waals surface area (Å²) in [6.07, 6.45) is 0. The minimum Gasteiger partial charge on any atom is -0.456 e. The van der Waals surface area contributed by atoms with Crippen molar-refractivity contribution in [2.45, 2.75) is 0 Å². The molecule has 5 nitrogen and oxygen atoms in total. The number of nitrogens with zero attached hydrogens (tertiary/aromatic N) is 4. The van der Waals surface area contributed by atoms with Gasteiger partial charge in [0.05, 0.1) is 33.3 Å². The molecule has 0 unspecified atom stereocenters. The Bertz CT molecular complexity index is 3500. The maximum atomic E-state index is 6.31. The van der Waals surface area contributed by atoms with Crippen LogP contribution < -0.4 is 0 Å². The number of benzene rings is 8. The Hall–Kier alpha value is -7.50. The second-order valence-corrected chi connectivity index (χ2v) is 14.2. The van der Waals surface area contributed by atoms with E-state index in [1.807, 2.05) is 24.3 Å². The van der Waals surface area contributed by atoms with Crippen molar-refractivity contribution in [2.24, 2.45) is 0 Å². The van der Waals surface area contributed by atoms with Crippen LogP contribution in [0.2, 0.25) is 0 Å². The van der Waals surface area contributed by atoms with E-state index in [0.717, 1.165) is 93.8 Å². The van der Waals surface area contributed by atoms with Crippen LogP contribution in [0, 0.1) is 0 Å². The molecule has 8 aromatic carbocycles. The molecule has 55 heavy (non-hydrogen) atoms. The number of para-hydroxylation sites is 4. The van der Waals surface area contributed by atoms with E-state index >= 15 is 0 Å². The highest BCUT2D eigenvalue weighted by Crippen LogP contribution is 2.39. The van der Waals surface area contributed by atoms with Crippen LogP contribution in [0.25, 0.3) is 110 Å². The van der Waals surface area contributed by atoms with Crippen molar-refractivity contribution in [3.63, 3.8) is 0 Å². The van der Waals surface area contributed by atoms with E-state index in [9.17, 15) is 0 Å². The van der Waals surface area contributed by atoms with Gasteiger partial charge in [-0.3, -0.25) is 4.57 Å². The quantitative estimate of drug-likeness (QED) is 0.183. The van der Waals surface area contributed by atoms with Crippen LogP contribution in [0.5, 0.6) is 0 Å². The highest BCUT2D eigenvalue weighted by molar-refractivity contribution is 6.13. The van der Waals surface area contributed by atoms with E-state index in [-0.39, 0.29) is 0 Å². The first-order chi connectivity index (χ1) is 27.3. The second-order valence-electron chi connectivity index (χ2n) is 14.2. The van der Waals surface area contributed by atoms with Gasteiger partial charge in [0.2, 0.25) is 5.95 Å². The Morgan fingerprint density at radius 3 is 1.65 bits per heavy atom. The average Bonchev–Trinajstić information content (AvgIpc) is 3.90. The summed E-state index contributed by atoms with van der Waals surface area (Å²) in [6, 6.07) is 64.3. The van der Waals surface area contributed by atoms with Crippen molar-refractivity contribution >= 4 is 76.5 Å². The van der Waals surface area contributed by atoms with Crippen LogP contribution in [0.3, 0.4) is 0 Å². The van der Waals surface area contributed by atoms with Gasteiger partial charge in [-0.15, -0.1) is 0 Å². The van der Waals surface area contributed by atoms with Crippen LogP contribution in [0.4, 0.5) is 0 Å². The fourth-order valence-corrected chi connectivity index (χ4v) is 8.63. The molecule has 4 heterocycles. The van der Waals surface area contributed by atoms with Crippen molar-refractivity contribution in [3.8, 4) is 34.0 Å². The van der Waals surface area contributed by atoms with Crippen LogP contribution >= 0.6 is 0 Å². The van der Waals surface area contributed by atoms with Crippen molar-refractivity contribution in [1.82, 2.24) is 19.1 Å². The number of furan rings is 1. The molecule has 0 aliphatic carbocycles. The fourth-order valence-electron chi connectivity index (χ4n) is 8.63. The van der Waals surface area contributed by atoms with Gasteiger partial charge in [-0.1, -0.05) is 115 Å². The Morgan fingerprint density at radius 1 is 0.345 bits per heavy atom. The molecule has 0 bridgehead atoms. The van der Waals surface area contributed by atoms with Crippen molar-refractivity contribution in [3.05, 3.63) is 182 Å². The molecule has 0 fully saturated rings. The van der Waals surface area contributed by atoms with E-state index in [4.69, 9.17) is 14.4 Å². The molecule has 0 spiro atoms. The number of rotatable bonds is 4. The molecule has 12 aromatic rings. The zero-order valence-electron chi connectivity index (χ0n) is 29.5. The van der Waals surface area contributed by atoms with Gasteiger partial charge in [-0.25, -0.2) is 9.97 Å². The Balaban J connectivity index is 1.03. The Labute approximate surface area is 315 Å². The summed E-state index contributed by atoms with van der Waals surface area (Å²) in [5.74, 6) is 0.659. The molecule has 0 N–H and O–H groups in total. The van der Waals surface area contributed by atoms with Crippen LogP contribution in [0.15, 0.2) is 186 Å². The third-order valence-corrected chi connectivity index (χ3v) is 11.1. The number of hydrogen-bond donors (Lipinski definition) is 0. The Kier molecular flexibility index (Phi) is 6.27.